The average molecular weight is 378 g/mol. The minimum absolute atomic E-state index is 0.845. The van der Waals surface area contributed by atoms with Crippen molar-refractivity contribution >= 4 is 33.0 Å². The molecule has 0 aliphatic heterocycles. The van der Waals surface area contributed by atoms with E-state index in [2.05, 4.69) is 32.1 Å². The van der Waals surface area contributed by atoms with E-state index in [1.54, 1.807) is 12.4 Å². The lowest BCUT2D eigenvalue weighted by atomic mass is 10.2. The summed E-state index contributed by atoms with van der Waals surface area (Å²) in [4.78, 5) is 16.4. The summed E-state index contributed by atoms with van der Waals surface area (Å²) in [6.07, 6.45) is 6.65. The zero-order valence-corrected chi connectivity index (χ0v) is 15.6. The third-order valence-electron chi connectivity index (χ3n) is 4.12. The third-order valence-corrected chi connectivity index (χ3v) is 4.12. The maximum absolute atomic E-state index is 5.01. The van der Waals surface area contributed by atoms with E-state index in [9.17, 15) is 0 Å². The summed E-state index contributed by atoms with van der Waals surface area (Å²) in [6, 6.07) is 27.6. The van der Waals surface area contributed by atoms with Gasteiger partial charge in [0.25, 0.3) is 0 Å². The van der Waals surface area contributed by atoms with Crippen LogP contribution in [0.4, 0.5) is 0 Å². The van der Waals surface area contributed by atoms with E-state index in [1.165, 1.54) is 11.8 Å². The van der Waals surface area contributed by atoms with Crippen LogP contribution in [0.15, 0.2) is 114 Å². The summed E-state index contributed by atoms with van der Waals surface area (Å²) in [5.74, 6) is 0. The van der Waals surface area contributed by atoms with E-state index in [0.717, 1.165) is 27.6 Å². The highest BCUT2D eigenvalue weighted by molar-refractivity contribution is 5.77. The van der Waals surface area contributed by atoms with E-state index in [1.807, 2.05) is 79.0 Å². The monoisotopic (exact) mass is 378 g/mol. The molecule has 0 fully saturated rings. The minimum atomic E-state index is 0.845. The number of hydrogen-bond donors (Lipinski definition) is 0. The van der Waals surface area contributed by atoms with Crippen LogP contribution in [0.3, 0.4) is 0 Å². The van der Waals surface area contributed by atoms with Gasteiger partial charge in [-0.2, -0.15) is 0 Å². The largest absolute Gasteiger partial charge is 0.443 e. The molecule has 29 heavy (non-hydrogen) atoms. The quantitative estimate of drug-likeness (QED) is 0.340. The van der Waals surface area contributed by atoms with Crippen molar-refractivity contribution in [2.24, 2.45) is 0 Å². The van der Waals surface area contributed by atoms with Gasteiger partial charge >= 0.3 is 0 Å². The lowest BCUT2D eigenvalue weighted by Gasteiger charge is -1.91. The van der Waals surface area contributed by atoms with Crippen LogP contribution >= 0.6 is 0 Å². The number of para-hydroxylation sites is 5. The lowest BCUT2D eigenvalue weighted by Crippen LogP contribution is -1.78. The Labute approximate surface area is 167 Å². The first-order valence-corrected chi connectivity index (χ1v) is 9.14. The summed E-state index contributed by atoms with van der Waals surface area (Å²) in [7, 11) is 0. The number of aromatic nitrogens is 4. The van der Waals surface area contributed by atoms with Crippen LogP contribution in [0.2, 0.25) is 0 Å². The number of rotatable bonds is 0. The van der Waals surface area contributed by atoms with Gasteiger partial charge in [-0.05, 0) is 36.4 Å². The van der Waals surface area contributed by atoms with Gasteiger partial charge in [0.1, 0.15) is 5.52 Å². The molecule has 0 radical (unpaired) electrons. The van der Waals surface area contributed by atoms with E-state index in [0.29, 0.717) is 0 Å². The normalized spacial score (nSPS) is 10.1. The second-order valence-electron chi connectivity index (χ2n) is 6.06. The Hall–Kier alpha value is -4.12. The minimum Gasteiger partial charge on any atom is -0.443 e. The Morgan fingerprint density at radius 1 is 0.448 bits per heavy atom. The van der Waals surface area contributed by atoms with Gasteiger partial charge < -0.3 is 4.42 Å². The van der Waals surface area contributed by atoms with E-state index >= 15 is 0 Å². The van der Waals surface area contributed by atoms with Gasteiger partial charge in [0, 0.05) is 24.0 Å². The molecule has 6 aromatic rings. The van der Waals surface area contributed by atoms with Crippen molar-refractivity contribution in [3.8, 4) is 0 Å². The molecule has 5 heteroatoms. The molecule has 3 heterocycles. The Bertz CT molecular complexity index is 1100. The number of pyridine rings is 1. The molecule has 140 valence electrons. The predicted octanol–water partition coefficient (Wildman–Crippen LogP) is 5.69. The summed E-state index contributed by atoms with van der Waals surface area (Å²) >= 11 is 0. The van der Waals surface area contributed by atoms with Crippen molar-refractivity contribution in [3.63, 3.8) is 0 Å². The van der Waals surface area contributed by atoms with Gasteiger partial charge in [-0.1, -0.05) is 48.5 Å². The molecular formula is C24H18N4O. The molecule has 0 saturated heterocycles. The molecule has 0 aliphatic rings. The zero-order chi connectivity index (χ0) is 19.7. The van der Waals surface area contributed by atoms with Crippen LogP contribution < -0.4 is 0 Å². The van der Waals surface area contributed by atoms with Crippen molar-refractivity contribution in [3.05, 3.63) is 110 Å². The predicted molar refractivity (Wildman–Crippen MR) is 115 cm³/mol. The summed E-state index contributed by atoms with van der Waals surface area (Å²) in [6.45, 7) is 0. The summed E-state index contributed by atoms with van der Waals surface area (Å²) < 4.78 is 5.01. The standard InChI is InChI=1S/C9H7N.C8H6N2.C7H5NO/c1-2-6-9-8(4-1)5-3-7-10-9;1-2-4-8-7(3-1)9-5-6-10-8;1-2-4-7-6(3-1)8-5-9-7/h1-7H;1-6H;1-5H. The SMILES string of the molecule is c1ccc2ncccc2c1.c1ccc2nccnc2c1.c1ccc2ocnc2c1. The first-order chi connectivity index (χ1) is 14.4. The van der Waals surface area contributed by atoms with Gasteiger partial charge in [0.2, 0.25) is 0 Å². The molecule has 0 amide bonds. The van der Waals surface area contributed by atoms with Gasteiger partial charge in [0.15, 0.2) is 12.0 Å². The van der Waals surface area contributed by atoms with Crippen LogP contribution in [0.1, 0.15) is 0 Å². The lowest BCUT2D eigenvalue weighted by molar-refractivity contribution is 0.602. The van der Waals surface area contributed by atoms with E-state index in [-0.39, 0.29) is 0 Å². The average Bonchev–Trinajstić information content (AvgIpc) is 3.29. The van der Waals surface area contributed by atoms with Crippen LogP contribution in [0.5, 0.6) is 0 Å². The van der Waals surface area contributed by atoms with Crippen LogP contribution in [-0.4, -0.2) is 19.9 Å². The van der Waals surface area contributed by atoms with Gasteiger partial charge in [-0.15, -0.1) is 0 Å². The first kappa shape index (κ1) is 18.3. The maximum Gasteiger partial charge on any atom is 0.181 e. The van der Waals surface area contributed by atoms with Gasteiger partial charge in [0.05, 0.1) is 16.6 Å². The second kappa shape index (κ2) is 9.19. The van der Waals surface area contributed by atoms with Crippen molar-refractivity contribution < 1.29 is 4.42 Å². The molecule has 0 spiro atoms. The van der Waals surface area contributed by atoms with Crippen LogP contribution in [0.25, 0.3) is 33.0 Å². The number of hydrogen-bond acceptors (Lipinski definition) is 5. The topological polar surface area (TPSA) is 64.7 Å². The zero-order valence-electron chi connectivity index (χ0n) is 15.6. The number of nitrogens with zero attached hydrogens (tertiary/aromatic N) is 4. The fourth-order valence-electron chi connectivity index (χ4n) is 2.73. The Morgan fingerprint density at radius 2 is 1.00 bits per heavy atom. The molecule has 5 nitrogen and oxygen atoms in total. The van der Waals surface area contributed by atoms with Gasteiger partial charge in [-0.25, -0.2) is 4.98 Å². The molecule has 0 unspecified atom stereocenters. The number of oxazole rings is 1. The Morgan fingerprint density at radius 3 is 1.69 bits per heavy atom. The molecular weight excluding hydrogens is 360 g/mol. The molecule has 0 atom stereocenters. The molecule has 3 aromatic heterocycles. The molecule has 0 bridgehead atoms. The van der Waals surface area contributed by atoms with Crippen molar-refractivity contribution in [1.29, 1.82) is 0 Å². The second-order valence-corrected chi connectivity index (χ2v) is 6.06. The van der Waals surface area contributed by atoms with E-state index < -0.39 is 0 Å². The highest BCUT2D eigenvalue weighted by Gasteiger charge is 1.91. The fourth-order valence-corrected chi connectivity index (χ4v) is 2.73. The van der Waals surface area contributed by atoms with Crippen molar-refractivity contribution in [2.75, 3.05) is 0 Å². The molecule has 0 N–H and O–H groups in total. The van der Waals surface area contributed by atoms with Gasteiger partial charge in [-0.3, -0.25) is 15.0 Å². The Balaban J connectivity index is 0.000000106. The number of fused-ring (bicyclic) bond motifs is 3. The third kappa shape index (κ3) is 4.78. The highest BCUT2D eigenvalue weighted by Crippen LogP contribution is 2.09. The Kier molecular flexibility index (Phi) is 5.78. The first-order valence-electron chi connectivity index (χ1n) is 9.14. The van der Waals surface area contributed by atoms with Crippen molar-refractivity contribution in [1.82, 2.24) is 19.9 Å². The molecule has 3 aromatic carbocycles. The van der Waals surface area contributed by atoms with Crippen LogP contribution in [0, 0.1) is 0 Å². The summed E-state index contributed by atoms with van der Waals surface area (Å²) in [5, 5.41) is 1.20. The molecule has 0 saturated carbocycles. The van der Waals surface area contributed by atoms with Crippen molar-refractivity contribution in [2.45, 2.75) is 0 Å². The highest BCUT2D eigenvalue weighted by atomic mass is 16.3. The van der Waals surface area contributed by atoms with Crippen LogP contribution in [-0.2, 0) is 0 Å². The molecule has 6 rings (SSSR count). The van der Waals surface area contributed by atoms with E-state index in [4.69, 9.17) is 4.42 Å². The fraction of sp³-hybridized carbons (Fsp3) is 0. The molecule has 0 aliphatic carbocycles. The summed E-state index contributed by atoms with van der Waals surface area (Å²) in [5.41, 5.74) is 4.72. The number of benzene rings is 3. The smallest absolute Gasteiger partial charge is 0.181 e. The maximum atomic E-state index is 5.01.